The van der Waals surface area contributed by atoms with Gasteiger partial charge in [0.15, 0.2) is 0 Å². The Kier molecular flexibility index (Phi) is 3.94. The predicted octanol–water partition coefficient (Wildman–Crippen LogP) is 1.84. The molecular weight excluding hydrogens is 186 g/mol. The second-order valence-corrected chi connectivity index (χ2v) is 6.84. The molecule has 80 valence electrons. The molecule has 0 aliphatic rings. The number of hydrogen-bond acceptors (Lipinski definition) is 2. The maximum Gasteiger partial charge on any atom is 0.216 e. The summed E-state index contributed by atoms with van der Waals surface area (Å²) in [4.78, 5) is 0. The minimum absolute atomic E-state index is 0.322. The van der Waals surface area contributed by atoms with Gasteiger partial charge in [-0.2, -0.15) is 4.31 Å². The lowest BCUT2D eigenvalue weighted by Crippen LogP contribution is -2.48. The van der Waals surface area contributed by atoms with Crippen LogP contribution in [0.1, 0.15) is 41.5 Å². The lowest BCUT2D eigenvalue weighted by Gasteiger charge is -2.34. The Bertz CT molecular complexity index is 249. The zero-order chi connectivity index (χ0) is 10.9. The molecule has 0 aromatic carbocycles. The summed E-state index contributed by atoms with van der Waals surface area (Å²) in [6, 6.07) is 0. The molecule has 0 unspecified atom stereocenters. The SMILES string of the molecule is CCN(C(C)(C)C)S(=O)(=O)C(C)C. The van der Waals surface area contributed by atoms with Crippen LogP contribution in [0.3, 0.4) is 0 Å². The maximum atomic E-state index is 11.8. The van der Waals surface area contributed by atoms with E-state index in [-0.39, 0.29) is 10.8 Å². The van der Waals surface area contributed by atoms with E-state index in [0.29, 0.717) is 6.54 Å². The molecule has 0 aliphatic carbocycles. The van der Waals surface area contributed by atoms with Crippen LogP contribution in [0.25, 0.3) is 0 Å². The van der Waals surface area contributed by atoms with E-state index in [4.69, 9.17) is 0 Å². The highest BCUT2D eigenvalue weighted by Gasteiger charge is 2.33. The highest BCUT2D eigenvalue weighted by molar-refractivity contribution is 7.89. The zero-order valence-electron chi connectivity index (χ0n) is 9.46. The minimum Gasteiger partial charge on any atom is -0.212 e. The van der Waals surface area contributed by atoms with E-state index in [9.17, 15) is 8.42 Å². The van der Waals surface area contributed by atoms with Gasteiger partial charge in [0.25, 0.3) is 0 Å². The van der Waals surface area contributed by atoms with Crippen molar-refractivity contribution in [2.24, 2.45) is 0 Å². The smallest absolute Gasteiger partial charge is 0.212 e. The molecule has 0 aromatic rings. The summed E-state index contributed by atoms with van der Waals surface area (Å²) in [5.74, 6) is 0. The third-order valence-corrected chi connectivity index (χ3v) is 4.55. The highest BCUT2D eigenvalue weighted by atomic mass is 32.2. The highest BCUT2D eigenvalue weighted by Crippen LogP contribution is 2.20. The molecule has 0 saturated heterocycles. The second kappa shape index (κ2) is 3.96. The van der Waals surface area contributed by atoms with Crippen molar-refractivity contribution in [2.75, 3.05) is 6.54 Å². The molecule has 0 aliphatic heterocycles. The molecule has 0 amide bonds. The van der Waals surface area contributed by atoms with Crippen LogP contribution in [0.5, 0.6) is 0 Å². The van der Waals surface area contributed by atoms with Crippen molar-refractivity contribution >= 4 is 10.0 Å². The number of hydrogen-bond donors (Lipinski definition) is 0. The van der Waals surface area contributed by atoms with Gasteiger partial charge in [0, 0.05) is 12.1 Å². The first-order valence-corrected chi connectivity index (χ1v) is 6.16. The van der Waals surface area contributed by atoms with Crippen molar-refractivity contribution in [1.29, 1.82) is 0 Å². The van der Waals surface area contributed by atoms with Gasteiger partial charge in [0.1, 0.15) is 0 Å². The first-order valence-electron chi connectivity index (χ1n) is 4.65. The van der Waals surface area contributed by atoms with Crippen molar-refractivity contribution in [3.05, 3.63) is 0 Å². The van der Waals surface area contributed by atoms with E-state index in [1.54, 1.807) is 18.2 Å². The van der Waals surface area contributed by atoms with E-state index >= 15 is 0 Å². The van der Waals surface area contributed by atoms with Crippen LogP contribution in [-0.2, 0) is 10.0 Å². The van der Waals surface area contributed by atoms with Gasteiger partial charge >= 0.3 is 0 Å². The Morgan fingerprint density at radius 1 is 1.23 bits per heavy atom. The average molecular weight is 207 g/mol. The van der Waals surface area contributed by atoms with E-state index in [0.717, 1.165) is 0 Å². The van der Waals surface area contributed by atoms with E-state index in [1.807, 2.05) is 27.7 Å². The number of sulfonamides is 1. The van der Waals surface area contributed by atoms with Crippen molar-refractivity contribution in [3.63, 3.8) is 0 Å². The summed E-state index contributed by atoms with van der Waals surface area (Å²) < 4.78 is 25.2. The summed E-state index contributed by atoms with van der Waals surface area (Å²) in [6.45, 7) is 11.6. The zero-order valence-corrected chi connectivity index (χ0v) is 10.3. The molecule has 0 rings (SSSR count). The van der Waals surface area contributed by atoms with Crippen LogP contribution in [0.2, 0.25) is 0 Å². The average Bonchev–Trinajstić information content (AvgIpc) is 1.83. The molecule has 0 aromatic heterocycles. The molecule has 4 heteroatoms. The van der Waals surface area contributed by atoms with Gasteiger partial charge in [-0.3, -0.25) is 0 Å². The summed E-state index contributed by atoms with van der Waals surface area (Å²) in [6.07, 6.45) is 0. The van der Waals surface area contributed by atoms with Gasteiger partial charge in [-0.15, -0.1) is 0 Å². The monoisotopic (exact) mass is 207 g/mol. The van der Waals surface area contributed by atoms with Crippen molar-refractivity contribution in [1.82, 2.24) is 4.31 Å². The maximum absolute atomic E-state index is 11.8. The summed E-state index contributed by atoms with van der Waals surface area (Å²) >= 11 is 0. The van der Waals surface area contributed by atoms with Gasteiger partial charge in [-0.1, -0.05) is 6.92 Å². The molecular formula is C9H21NO2S. The first kappa shape index (κ1) is 12.9. The van der Waals surface area contributed by atoms with Crippen LogP contribution in [0.4, 0.5) is 0 Å². The fourth-order valence-electron chi connectivity index (χ4n) is 1.29. The summed E-state index contributed by atoms with van der Waals surface area (Å²) in [5, 5.41) is -0.341. The van der Waals surface area contributed by atoms with Gasteiger partial charge < -0.3 is 0 Å². The summed E-state index contributed by atoms with van der Waals surface area (Å²) in [7, 11) is -3.11. The molecule has 3 nitrogen and oxygen atoms in total. The number of rotatable bonds is 3. The molecule has 0 bridgehead atoms. The molecule has 0 spiro atoms. The molecule has 13 heavy (non-hydrogen) atoms. The van der Waals surface area contributed by atoms with Crippen LogP contribution >= 0.6 is 0 Å². The lowest BCUT2D eigenvalue weighted by molar-refractivity contribution is 0.257. The predicted molar refractivity (Wildman–Crippen MR) is 56.2 cm³/mol. The van der Waals surface area contributed by atoms with Crippen molar-refractivity contribution in [3.8, 4) is 0 Å². The van der Waals surface area contributed by atoms with Gasteiger partial charge in [0.2, 0.25) is 10.0 Å². The van der Waals surface area contributed by atoms with Crippen molar-refractivity contribution < 1.29 is 8.42 Å². The Morgan fingerprint density at radius 2 is 1.62 bits per heavy atom. The Morgan fingerprint density at radius 3 is 1.69 bits per heavy atom. The van der Waals surface area contributed by atoms with E-state index in [2.05, 4.69) is 0 Å². The van der Waals surface area contributed by atoms with Crippen LogP contribution in [-0.4, -0.2) is 30.1 Å². The largest absolute Gasteiger partial charge is 0.216 e. The Hall–Kier alpha value is -0.0900. The topological polar surface area (TPSA) is 37.4 Å². The Labute approximate surface area is 82.2 Å². The first-order chi connectivity index (χ1) is 5.64. The summed E-state index contributed by atoms with van der Waals surface area (Å²) in [5.41, 5.74) is -0.322. The van der Waals surface area contributed by atoms with Crippen molar-refractivity contribution in [2.45, 2.75) is 52.3 Å². The van der Waals surface area contributed by atoms with Gasteiger partial charge in [-0.05, 0) is 34.6 Å². The van der Waals surface area contributed by atoms with Crippen LogP contribution < -0.4 is 0 Å². The third kappa shape index (κ3) is 2.95. The molecule has 0 radical (unpaired) electrons. The van der Waals surface area contributed by atoms with Gasteiger partial charge in [-0.25, -0.2) is 8.42 Å². The molecule has 0 fully saturated rings. The standard InChI is InChI=1S/C9H21NO2S/c1-7-10(9(4,5)6)13(11,12)8(2)3/h8H,7H2,1-6H3. The van der Waals surface area contributed by atoms with Gasteiger partial charge in [0.05, 0.1) is 5.25 Å². The fraction of sp³-hybridized carbons (Fsp3) is 1.00. The second-order valence-electron chi connectivity index (χ2n) is 4.43. The van der Waals surface area contributed by atoms with E-state index in [1.165, 1.54) is 0 Å². The van der Waals surface area contributed by atoms with Crippen LogP contribution in [0.15, 0.2) is 0 Å². The lowest BCUT2D eigenvalue weighted by atomic mass is 10.1. The van der Waals surface area contributed by atoms with Crippen LogP contribution in [0, 0.1) is 0 Å². The fourth-order valence-corrected chi connectivity index (χ4v) is 2.92. The molecule has 0 N–H and O–H groups in total. The van der Waals surface area contributed by atoms with E-state index < -0.39 is 10.0 Å². The Balaban J connectivity index is 5.02. The molecule has 0 saturated carbocycles. The number of nitrogens with zero attached hydrogens (tertiary/aromatic N) is 1. The molecule has 0 heterocycles. The molecule has 0 atom stereocenters. The normalized spacial score (nSPS) is 14.2. The minimum atomic E-state index is -3.11. The quantitative estimate of drug-likeness (QED) is 0.708. The third-order valence-electron chi connectivity index (χ3n) is 1.94.